The number of rotatable bonds is 4. The van der Waals surface area contributed by atoms with Gasteiger partial charge in [-0.2, -0.15) is 0 Å². The minimum absolute atomic E-state index is 0.0895. The van der Waals surface area contributed by atoms with E-state index in [1.54, 1.807) is 17.5 Å². The highest BCUT2D eigenvalue weighted by molar-refractivity contribution is 7.91. The Bertz CT molecular complexity index is 434. The average Bonchev–Trinajstić information content (AvgIpc) is 2.84. The predicted octanol–water partition coefficient (Wildman–Crippen LogP) is 1.56. The van der Waals surface area contributed by atoms with Gasteiger partial charge in [0.15, 0.2) is 0 Å². The second kappa shape index (κ2) is 5.48. The molecule has 1 aliphatic rings. The van der Waals surface area contributed by atoms with Crippen LogP contribution in [0.1, 0.15) is 25.7 Å². The Kier molecular flexibility index (Phi) is 4.19. The number of thiophene rings is 1. The molecule has 0 unspecified atom stereocenters. The lowest BCUT2D eigenvalue weighted by molar-refractivity contribution is 0.343. The number of hydrogen-bond donors (Lipinski definition) is 2. The van der Waals surface area contributed by atoms with E-state index in [1.165, 1.54) is 11.3 Å². The molecular weight excluding hydrogens is 256 g/mol. The van der Waals surface area contributed by atoms with E-state index in [9.17, 15) is 8.42 Å². The van der Waals surface area contributed by atoms with E-state index in [0.29, 0.717) is 10.3 Å². The van der Waals surface area contributed by atoms with Crippen LogP contribution >= 0.6 is 11.3 Å². The van der Waals surface area contributed by atoms with E-state index in [2.05, 4.69) is 10.0 Å². The second-order valence-electron chi connectivity index (χ2n) is 4.39. The van der Waals surface area contributed by atoms with Gasteiger partial charge in [-0.1, -0.05) is 6.07 Å². The van der Waals surface area contributed by atoms with Crippen molar-refractivity contribution >= 4 is 21.4 Å². The van der Waals surface area contributed by atoms with Crippen molar-refractivity contribution in [3.05, 3.63) is 17.5 Å². The molecule has 0 amide bonds. The van der Waals surface area contributed by atoms with Crippen molar-refractivity contribution in [2.75, 3.05) is 7.05 Å². The molecule has 0 spiro atoms. The van der Waals surface area contributed by atoms with Crippen molar-refractivity contribution in [2.45, 2.75) is 42.0 Å². The molecule has 1 heterocycles. The Hall–Kier alpha value is -0.430. The summed E-state index contributed by atoms with van der Waals surface area (Å²) in [6.45, 7) is 0. The van der Waals surface area contributed by atoms with Gasteiger partial charge in [-0.3, -0.25) is 0 Å². The maximum absolute atomic E-state index is 12.0. The highest BCUT2D eigenvalue weighted by Crippen LogP contribution is 2.22. The predicted molar refractivity (Wildman–Crippen MR) is 69.7 cm³/mol. The summed E-state index contributed by atoms with van der Waals surface area (Å²) >= 11 is 1.26. The molecule has 6 heteroatoms. The SMILES string of the molecule is CNC1CCC(NS(=O)(=O)c2cccs2)CC1. The maximum Gasteiger partial charge on any atom is 0.250 e. The summed E-state index contributed by atoms with van der Waals surface area (Å²) < 4.78 is 27.2. The third-order valence-corrected chi connectivity index (χ3v) is 6.14. The first-order chi connectivity index (χ1) is 8.12. The largest absolute Gasteiger partial charge is 0.317 e. The average molecular weight is 274 g/mol. The summed E-state index contributed by atoms with van der Waals surface area (Å²) in [5.74, 6) is 0. The van der Waals surface area contributed by atoms with Crippen molar-refractivity contribution in [3.8, 4) is 0 Å². The molecule has 17 heavy (non-hydrogen) atoms. The van der Waals surface area contributed by atoms with Gasteiger partial charge in [-0.05, 0) is 44.2 Å². The molecule has 1 aliphatic carbocycles. The van der Waals surface area contributed by atoms with Gasteiger partial charge >= 0.3 is 0 Å². The Morgan fingerprint density at radius 1 is 1.24 bits per heavy atom. The van der Waals surface area contributed by atoms with Crippen LogP contribution < -0.4 is 10.0 Å². The minimum Gasteiger partial charge on any atom is -0.317 e. The first-order valence-electron chi connectivity index (χ1n) is 5.85. The van der Waals surface area contributed by atoms with Crippen LogP contribution in [0, 0.1) is 0 Å². The molecule has 0 atom stereocenters. The molecule has 0 aromatic carbocycles. The first kappa shape index (κ1) is 13.0. The van der Waals surface area contributed by atoms with Crippen LogP contribution in [-0.2, 0) is 10.0 Å². The van der Waals surface area contributed by atoms with Gasteiger partial charge in [-0.25, -0.2) is 13.1 Å². The summed E-state index contributed by atoms with van der Waals surface area (Å²) in [4.78, 5) is 0. The zero-order valence-corrected chi connectivity index (χ0v) is 11.5. The topological polar surface area (TPSA) is 58.2 Å². The lowest BCUT2D eigenvalue weighted by atomic mass is 9.92. The lowest BCUT2D eigenvalue weighted by Crippen LogP contribution is -2.41. The van der Waals surface area contributed by atoms with Crippen LogP contribution in [0.4, 0.5) is 0 Å². The van der Waals surface area contributed by atoms with E-state index in [1.807, 2.05) is 7.05 Å². The summed E-state index contributed by atoms with van der Waals surface area (Å²) in [5.41, 5.74) is 0. The molecule has 1 aromatic rings. The van der Waals surface area contributed by atoms with Gasteiger partial charge in [0.1, 0.15) is 4.21 Å². The summed E-state index contributed by atoms with van der Waals surface area (Å²) in [5, 5.41) is 5.02. The highest BCUT2D eigenvalue weighted by atomic mass is 32.2. The molecule has 2 rings (SSSR count). The summed E-state index contributed by atoms with van der Waals surface area (Å²) in [7, 11) is -1.33. The fraction of sp³-hybridized carbons (Fsp3) is 0.636. The lowest BCUT2D eigenvalue weighted by Gasteiger charge is -2.28. The third-order valence-electron chi connectivity index (χ3n) is 3.22. The molecule has 0 aliphatic heterocycles. The number of nitrogens with one attached hydrogen (secondary N) is 2. The van der Waals surface area contributed by atoms with Crippen LogP contribution in [-0.4, -0.2) is 27.5 Å². The van der Waals surface area contributed by atoms with E-state index >= 15 is 0 Å². The molecule has 0 saturated heterocycles. The molecule has 4 nitrogen and oxygen atoms in total. The van der Waals surface area contributed by atoms with Gasteiger partial charge in [0.25, 0.3) is 0 Å². The molecule has 1 saturated carbocycles. The summed E-state index contributed by atoms with van der Waals surface area (Å²) in [6, 6.07) is 4.03. The van der Waals surface area contributed by atoms with E-state index in [4.69, 9.17) is 0 Å². The standard InChI is InChI=1S/C11H18N2O2S2/c1-12-9-4-6-10(7-5-9)13-17(14,15)11-3-2-8-16-11/h2-3,8-10,12-13H,4-7H2,1H3. The fourth-order valence-corrected chi connectivity index (χ4v) is 4.51. The van der Waals surface area contributed by atoms with Crippen molar-refractivity contribution < 1.29 is 8.42 Å². The number of hydrogen-bond acceptors (Lipinski definition) is 4. The zero-order valence-electron chi connectivity index (χ0n) is 9.85. The van der Waals surface area contributed by atoms with Crippen molar-refractivity contribution in [1.82, 2.24) is 10.0 Å². The Labute approximate surface area is 106 Å². The quantitative estimate of drug-likeness (QED) is 0.876. The zero-order chi connectivity index (χ0) is 12.3. The molecule has 1 fully saturated rings. The second-order valence-corrected chi connectivity index (χ2v) is 7.28. The van der Waals surface area contributed by atoms with E-state index in [0.717, 1.165) is 25.7 Å². The Morgan fingerprint density at radius 2 is 1.88 bits per heavy atom. The Balaban J connectivity index is 1.94. The van der Waals surface area contributed by atoms with Gasteiger partial charge in [0.05, 0.1) is 0 Å². The van der Waals surface area contributed by atoms with Crippen molar-refractivity contribution in [1.29, 1.82) is 0 Å². The van der Waals surface area contributed by atoms with Crippen molar-refractivity contribution in [2.24, 2.45) is 0 Å². The number of sulfonamides is 1. The van der Waals surface area contributed by atoms with Gasteiger partial charge in [-0.15, -0.1) is 11.3 Å². The monoisotopic (exact) mass is 274 g/mol. The van der Waals surface area contributed by atoms with Gasteiger partial charge in [0, 0.05) is 12.1 Å². The molecule has 1 aromatic heterocycles. The highest BCUT2D eigenvalue weighted by Gasteiger charge is 2.25. The van der Waals surface area contributed by atoms with Crippen LogP contribution in [0.15, 0.2) is 21.7 Å². The third kappa shape index (κ3) is 3.28. The van der Waals surface area contributed by atoms with Crippen LogP contribution in [0.5, 0.6) is 0 Å². The smallest absolute Gasteiger partial charge is 0.250 e. The molecular formula is C11H18N2O2S2. The van der Waals surface area contributed by atoms with Gasteiger partial charge in [0.2, 0.25) is 10.0 Å². The molecule has 0 radical (unpaired) electrons. The molecule has 2 N–H and O–H groups in total. The summed E-state index contributed by atoms with van der Waals surface area (Å²) in [6.07, 6.45) is 3.90. The van der Waals surface area contributed by atoms with Crippen LogP contribution in [0.2, 0.25) is 0 Å². The molecule has 96 valence electrons. The van der Waals surface area contributed by atoms with Crippen molar-refractivity contribution in [3.63, 3.8) is 0 Å². The van der Waals surface area contributed by atoms with Crippen LogP contribution in [0.25, 0.3) is 0 Å². The van der Waals surface area contributed by atoms with Crippen LogP contribution in [0.3, 0.4) is 0 Å². The minimum atomic E-state index is -3.29. The Morgan fingerprint density at radius 3 is 2.41 bits per heavy atom. The maximum atomic E-state index is 12.0. The van der Waals surface area contributed by atoms with Gasteiger partial charge < -0.3 is 5.32 Å². The molecule has 0 bridgehead atoms. The van der Waals surface area contributed by atoms with E-state index < -0.39 is 10.0 Å². The fourth-order valence-electron chi connectivity index (χ4n) is 2.19. The van der Waals surface area contributed by atoms with E-state index in [-0.39, 0.29) is 6.04 Å². The normalized spacial score (nSPS) is 25.9. The first-order valence-corrected chi connectivity index (χ1v) is 8.21.